The molecular weight excluding hydrogens is 421 g/mol. The third kappa shape index (κ3) is 5.13. The highest BCUT2D eigenvalue weighted by Crippen LogP contribution is 2.29. The van der Waals surface area contributed by atoms with Gasteiger partial charge in [-0.1, -0.05) is 12.1 Å². The Bertz CT molecular complexity index is 1070. The molecule has 1 saturated heterocycles. The number of nitrogens with one attached hydrogen (secondary N) is 1. The van der Waals surface area contributed by atoms with Crippen molar-refractivity contribution in [1.82, 2.24) is 29.7 Å². The molecule has 1 aliphatic heterocycles. The number of hydrogen-bond donors (Lipinski definition) is 1. The molecule has 4 rings (SSSR count). The summed E-state index contributed by atoms with van der Waals surface area (Å²) in [7, 11) is 0. The fourth-order valence-corrected chi connectivity index (χ4v) is 3.84. The summed E-state index contributed by atoms with van der Waals surface area (Å²) in [5.41, 5.74) is 1.53. The maximum atomic E-state index is 12.8. The van der Waals surface area contributed by atoms with E-state index in [-0.39, 0.29) is 18.5 Å². The quantitative estimate of drug-likeness (QED) is 0.632. The second-order valence-electron chi connectivity index (χ2n) is 7.81. The minimum Gasteiger partial charge on any atom is -0.349 e. The van der Waals surface area contributed by atoms with E-state index < -0.39 is 11.7 Å². The van der Waals surface area contributed by atoms with Gasteiger partial charge in [-0.05, 0) is 50.1 Å². The molecule has 168 valence electrons. The van der Waals surface area contributed by atoms with Crippen molar-refractivity contribution in [3.05, 3.63) is 71.6 Å². The molecule has 1 atom stereocenters. The van der Waals surface area contributed by atoms with Crippen molar-refractivity contribution in [2.45, 2.75) is 45.1 Å². The number of likely N-dealkylation sites (tertiary alicyclic amines) is 1. The van der Waals surface area contributed by atoms with Crippen molar-refractivity contribution in [3.8, 4) is 5.95 Å². The van der Waals surface area contributed by atoms with Gasteiger partial charge in [-0.2, -0.15) is 13.2 Å². The van der Waals surface area contributed by atoms with Crippen molar-refractivity contribution in [3.63, 3.8) is 0 Å². The standard InChI is InChI=1S/C22H23F3N6O/c1-15-11-18(29-21(28-15)31-10-8-26-14-31)12-27-20(32)19-3-2-9-30(19)13-16-4-6-17(7-5-16)22(23,24)25/h4-8,10-11,14,19H,2-3,9,12-13H2,1H3,(H,27,32). The molecule has 1 aromatic carbocycles. The monoisotopic (exact) mass is 444 g/mol. The van der Waals surface area contributed by atoms with Crippen LogP contribution in [0.1, 0.15) is 35.4 Å². The molecule has 1 fully saturated rings. The predicted molar refractivity (Wildman–Crippen MR) is 111 cm³/mol. The summed E-state index contributed by atoms with van der Waals surface area (Å²) in [5, 5.41) is 2.94. The molecule has 0 bridgehead atoms. The molecule has 1 unspecified atom stereocenters. The Morgan fingerprint density at radius 1 is 1.22 bits per heavy atom. The van der Waals surface area contributed by atoms with E-state index in [1.54, 1.807) is 23.3 Å². The first-order chi connectivity index (χ1) is 15.3. The van der Waals surface area contributed by atoms with Crippen LogP contribution >= 0.6 is 0 Å². The summed E-state index contributed by atoms with van der Waals surface area (Å²) >= 11 is 0. The van der Waals surface area contributed by atoms with Crippen molar-refractivity contribution in [2.75, 3.05) is 6.54 Å². The lowest BCUT2D eigenvalue weighted by molar-refractivity contribution is -0.137. The number of nitrogens with zero attached hydrogens (tertiary/aromatic N) is 5. The fourth-order valence-electron chi connectivity index (χ4n) is 3.84. The van der Waals surface area contributed by atoms with Gasteiger partial charge in [0.05, 0.1) is 23.8 Å². The minimum atomic E-state index is -4.36. The van der Waals surface area contributed by atoms with Gasteiger partial charge in [0, 0.05) is 24.6 Å². The zero-order valence-electron chi connectivity index (χ0n) is 17.5. The summed E-state index contributed by atoms with van der Waals surface area (Å²) in [5.74, 6) is 0.367. The zero-order valence-corrected chi connectivity index (χ0v) is 17.5. The van der Waals surface area contributed by atoms with E-state index in [0.717, 1.165) is 36.4 Å². The first kappa shape index (κ1) is 21.9. The van der Waals surface area contributed by atoms with Gasteiger partial charge < -0.3 is 5.32 Å². The van der Waals surface area contributed by atoms with Crippen LogP contribution in [0.5, 0.6) is 0 Å². The Morgan fingerprint density at radius 2 is 2.00 bits per heavy atom. The number of aromatic nitrogens is 4. The van der Waals surface area contributed by atoms with E-state index in [1.807, 2.05) is 17.9 Å². The number of carbonyl (C=O) groups excluding carboxylic acids is 1. The van der Waals surface area contributed by atoms with Crippen LogP contribution < -0.4 is 5.32 Å². The lowest BCUT2D eigenvalue weighted by Crippen LogP contribution is -2.42. The molecule has 0 aliphatic carbocycles. The van der Waals surface area contributed by atoms with Gasteiger partial charge in [0.2, 0.25) is 11.9 Å². The molecule has 0 spiro atoms. The average molecular weight is 444 g/mol. The van der Waals surface area contributed by atoms with Gasteiger partial charge in [0.25, 0.3) is 0 Å². The summed E-state index contributed by atoms with van der Waals surface area (Å²) < 4.78 is 40.0. The first-order valence-corrected chi connectivity index (χ1v) is 10.3. The molecule has 0 radical (unpaired) electrons. The van der Waals surface area contributed by atoms with Crippen LogP contribution in [0.4, 0.5) is 13.2 Å². The molecule has 7 nitrogen and oxygen atoms in total. The van der Waals surface area contributed by atoms with Crippen LogP contribution in [0.15, 0.2) is 49.1 Å². The Labute approximate surface area is 183 Å². The number of benzene rings is 1. The van der Waals surface area contributed by atoms with Gasteiger partial charge in [0.1, 0.15) is 6.33 Å². The second kappa shape index (κ2) is 9.07. The number of imidazole rings is 1. The van der Waals surface area contributed by atoms with Gasteiger partial charge in [-0.25, -0.2) is 15.0 Å². The summed E-state index contributed by atoms with van der Waals surface area (Å²) in [4.78, 5) is 27.7. The fraction of sp³-hybridized carbons (Fsp3) is 0.364. The van der Waals surface area contributed by atoms with Crippen LogP contribution in [-0.2, 0) is 24.1 Å². The first-order valence-electron chi connectivity index (χ1n) is 10.3. The molecule has 1 aliphatic rings. The molecule has 1 amide bonds. The van der Waals surface area contributed by atoms with Gasteiger partial charge >= 0.3 is 6.18 Å². The third-order valence-electron chi connectivity index (χ3n) is 5.41. The maximum absolute atomic E-state index is 12.8. The molecule has 32 heavy (non-hydrogen) atoms. The summed E-state index contributed by atoms with van der Waals surface area (Å²) in [6.45, 7) is 3.26. The lowest BCUT2D eigenvalue weighted by atomic mass is 10.1. The molecule has 3 aromatic rings. The lowest BCUT2D eigenvalue weighted by Gasteiger charge is -2.24. The Hall–Kier alpha value is -3.27. The Balaban J connectivity index is 1.38. The molecule has 0 saturated carbocycles. The maximum Gasteiger partial charge on any atom is 0.416 e. The molecule has 1 N–H and O–H groups in total. The third-order valence-corrected chi connectivity index (χ3v) is 5.41. The van der Waals surface area contributed by atoms with Crippen molar-refractivity contribution < 1.29 is 18.0 Å². The van der Waals surface area contributed by atoms with Gasteiger partial charge in [-0.3, -0.25) is 14.3 Å². The normalized spacial score (nSPS) is 16.9. The molecule has 10 heteroatoms. The number of amides is 1. The highest BCUT2D eigenvalue weighted by atomic mass is 19.4. The number of hydrogen-bond acceptors (Lipinski definition) is 5. The topological polar surface area (TPSA) is 75.9 Å². The van der Waals surface area contributed by atoms with E-state index in [4.69, 9.17) is 0 Å². The van der Waals surface area contributed by atoms with Crippen LogP contribution in [0.3, 0.4) is 0 Å². The van der Waals surface area contributed by atoms with Crippen LogP contribution in [0.2, 0.25) is 0 Å². The van der Waals surface area contributed by atoms with E-state index in [0.29, 0.717) is 24.6 Å². The smallest absolute Gasteiger partial charge is 0.349 e. The highest BCUT2D eigenvalue weighted by Gasteiger charge is 2.32. The largest absolute Gasteiger partial charge is 0.416 e. The molecule has 3 heterocycles. The Morgan fingerprint density at radius 3 is 2.69 bits per heavy atom. The second-order valence-corrected chi connectivity index (χ2v) is 7.81. The predicted octanol–water partition coefficient (Wildman–Crippen LogP) is 3.27. The van der Waals surface area contributed by atoms with E-state index in [9.17, 15) is 18.0 Å². The van der Waals surface area contributed by atoms with E-state index >= 15 is 0 Å². The van der Waals surface area contributed by atoms with Crippen LogP contribution in [0, 0.1) is 6.92 Å². The van der Waals surface area contributed by atoms with Crippen LogP contribution in [-0.4, -0.2) is 42.9 Å². The zero-order chi connectivity index (χ0) is 22.7. The Kier molecular flexibility index (Phi) is 6.22. The summed E-state index contributed by atoms with van der Waals surface area (Å²) in [6.07, 6.45) is 2.19. The van der Waals surface area contributed by atoms with Gasteiger partial charge in [-0.15, -0.1) is 0 Å². The number of rotatable bonds is 6. The van der Waals surface area contributed by atoms with Crippen molar-refractivity contribution >= 4 is 5.91 Å². The van der Waals surface area contributed by atoms with E-state index in [1.165, 1.54) is 12.1 Å². The highest BCUT2D eigenvalue weighted by molar-refractivity contribution is 5.82. The molecular formula is C22H23F3N6O. The number of halogens is 3. The van der Waals surface area contributed by atoms with E-state index in [2.05, 4.69) is 20.3 Å². The number of aryl methyl sites for hydroxylation is 1. The van der Waals surface area contributed by atoms with Crippen molar-refractivity contribution in [2.24, 2.45) is 0 Å². The minimum absolute atomic E-state index is 0.116. The number of alkyl halides is 3. The summed E-state index contributed by atoms with van der Waals surface area (Å²) in [6, 6.07) is 6.59. The SMILES string of the molecule is Cc1cc(CNC(=O)C2CCCN2Cc2ccc(C(F)(F)F)cc2)nc(-n2ccnc2)n1. The van der Waals surface area contributed by atoms with Crippen molar-refractivity contribution in [1.29, 1.82) is 0 Å². The van der Waals surface area contributed by atoms with Gasteiger partial charge in [0.15, 0.2) is 0 Å². The van der Waals surface area contributed by atoms with Crippen LogP contribution in [0.25, 0.3) is 5.95 Å². The number of carbonyl (C=O) groups is 1. The average Bonchev–Trinajstić information content (AvgIpc) is 3.44. The molecule has 2 aromatic heterocycles.